The summed E-state index contributed by atoms with van der Waals surface area (Å²) in [4.78, 5) is -0.219. The van der Waals surface area contributed by atoms with E-state index in [-0.39, 0.29) is 11.6 Å². The lowest BCUT2D eigenvalue weighted by atomic mass is 10.2. The first-order valence-corrected chi connectivity index (χ1v) is 9.10. The summed E-state index contributed by atoms with van der Waals surface area (Å²) in [6.45, 7) is -0.0837. The van der Waals surface area contributed by atoms with E-state index in [0.717, 1.165) is 27.8 Å². The van der Waals surface area contributed by atoms with Crippen LogP contribution in [0.15, 0.2) is 35.2 Å². The minimum atomic E-state index is -4.83. The van der Waals surface area contributed by atoms with E-state index < -0.39 is 26.7 Å². The van der Waals surface area contributed by atoms with Crippen LogP contribution in [0.4, 0.5) is 13.2 Å². The Bertz CT molecular complexity index is 819. The Hall–Kier alpha value is -0.800. The summed E-state index contributed by atoms with van der Waals surface area (Å²) in [5.74, 6) is 0. The van der Waals surface area contributed by atoms with Crippen LogP contribution in [-0.2, 0) is 22.7 Å². The van der Waals surface area contributed by atoms with Gasteiger partial charge in [0.25, 0.3) is 0 Å². The number of rotatable bonds is 4. The molecule has 23 heavy (non-hydrogen) atoms. The monoisotopic (exact) mass is 403 g/mol. The summed E-state index contributed by atoms with van der Waals surface area (Å²) in [6, 6.07) is 5.78. The molecule has 0 aliphatic heterocycles. The van der Waals surface area contributed by atoms with Crippen LogP contribution in [0.5, 0.6) is 0 Å². The minimum Gasteiger partial charge on any atom is -0.207 e. The van der Waals surface area contributed by atoms with Crippen LogP contribution in [0.25, 0.3) is 0 Å². The number of halogens is 5. The van der Waals surface area contributed by atoms with Gasteiger partial charge in [0.05, 0.1) is 14.8 Å². The third-order valence-corrected chi connectivity index (χ3v) is 6.26. The smallest absolute Gasteiger partial charge is 0.207 e. The number of sulfonamides is 1. The van der Waals surface area contributed by atoms with Gasteiger partial charge in [-0.1, -0.05) is 23.2 Å². The molecule has 2 rings (SSSR count). The van der Waals surface area contributed by atoms with Gasteiger partial charge in [-0.15, -0.1) is 11.3 Å². The highest BCUT2D eigenvalue weighted by molar-refractivity contribution is 7.89. The number of nitrogens with zero attached hydrogens (tertiary/aromatic N) is 1. The van der Waals surface area contributed by atoms with Gasteiger partial charge in [0.1, 0.15) is 0 Å². The topological polar surface area (TPSA) is 37.4 Å². The van der Waals surface area contributed by atoms with Crippen molar-refractivity contribution in [2.24, 2.45) is 0 Å². The number of thiophene rings is 1. The van der Waals surface area contributed by atoms with E-state index in [2.05, 4.69) is 0 Å². The van der Waals surface area contributed by atoms with Crippen molar-refractivity contribution in [2.45, 2.75) is 17.6 Å². The fourth-order valence-electron chi connectivity index (χ4n) is 1.86. The molecule has 2 aromatic rings. The summed E-state index contributed by atoms with van der Waals surface area (Å²) in [5, 5.41) is -0.191. The number of benzene rings is 1. The molecule has 0 unspecified atom stereocenters. The maximum absolute atomic E-state index is 13.1. The van der Waals surface area contributed by atoms with E-state index >= 15 is 0 Å². The van der Waals surface area contributed by atoms with Gasteiger partial charge in [0.15, 0.2) is 0 Å². The molecule has 0 N–H and O–H groups in total. The van der Waals surface area contributed by atoms with E-state index in [0.29, 0.717) is 15.3 Å². The van der Waals surface area contributed by atoms with Crippen LogP contribution in [0, 0.1) is 0 Å². The molecule has 0 spiro atoms. The zero-order valence-electron chi connectivity index (χ0n) is 11.6. The van der Waals surface area contributed by atoms with Crippen LogP contribution in [0.3, 0.4) is 0 Å². The minimum absolute atomic E-state index is 0.0837. The highest BCUT2D eigenvalue weighted by atomic mass is 35.5. The lowest BCUT2D eigenvalue weighted by molar-refractivity contribution is -0.139. The Kier molecular flexibility index (Phi) is 5.32. The molecule has 0 atom stereocenters. The average molecular weight is 404 g/mol. The first-order valence-electron chi connectivity index (χ1n) is 6.09. The van der Waals surface area contributed by atoms with E-state index in [4.69, 9.17) is 23.2 Å². The molecular weight excluding hydrogens is 394 g/mol. The summed E-state index contributed by atoms with van der Waals surface area (Å²) < 4.78 is 65.5. The Morgan fingerprint density at radius 2 is 1.83 bits per heavy atom. The molecule has 0 saturated heterocycles. The van der Waals surface area contributed by atoms with E-state index in [1.807, 2.05) is 0 Å². The van der Waals surface area contributed by atoms with Crippen LogP contribution >= 0.6 is 34.5 Å². The lowest BCUT2D eigenvalue weighted by Gasteiger charge is -2.20. The molecule has 0 amide bonds. The van der Waals surface area contributed by atoms with Crippen molar-refractivity contribution in [3.8, 4) is 0 Å². The maximum atomic E-state index is 13.1. The second-order valence-corrected chi connectivity index (χ2v) is 8.85. The Balaban J connectivity index is 2.43. The molecule has 0 fully saturated rings. The fourth-order valence-corrected chi connectivity index (χ4v) is 4.59. The summed E-state index contributed by atoms with van der Waals surface area (Å²) >= 11 is 12.5. The largest absolute Gasteiger partial charge is 0.417 e. The van der Waals surface area contributed by atoms with Gasteiger partial charge in [-0.05, 0) is 30.3 Å². The van der Waals surface area contributed by atoms with Crippen LogP contribution in [0.1, 0.15) is 10.4 Å². The highest BCUT2D eigenvalue weighted by Crippen LogP contribution is 2.37. The molecule has 0 aliphatic rings. The SMILES string of the molecule is CN(Cc1ccc(Cl)s1)S(=O)(=O)c1ccc(Cl)cc1C(F)(F)F. The number of alkyl halides is 3. The van der Waals surface area contributed by atoms with E-state index in [1.165, 1.54) is 7.05 Å². The van der Waals surface area contributed by atoms with Crippen molar-refractivity contribution in [2.75, 3.05) is 7.05 Å². The van der Waals surface area contributed by atoms with Crippen molar-refractivity contribution >= 4 is 44.6 Å². The van der Waals surface area contributed by atoms with Crippen molar-refractivity contribution in [1.29, 1.82) is 0 Å². The zero-order chi connectivity index (χ0) is 17.4. The Labute approximate surface area is 145 Å². The molecular formula is C13H10Cl2F3NO2S2. The van der Waals surface area contributed by atoms with Gasteiger partial charge in [-0.2, -0.15) is 17.5 Å². The van der Waals surface area contributed by atoms with Crippen LogP contribution < -0.4 is 0 Å². The normalized spacial score (nSPS) is 12.8. The van der Waals surface area contributed by atoms with Crippen molar-refractivity contribution < 1.29 is 21.6 Å². The van der Waals surface area contributed by atoms with Crippen molar-refractivity contribution in [3.05, 3.63) is 50.1 Å². The van der Waals surface area contributed by atoms with Crippen LogP contribution in [-0.4, -0.2) is 19.8 Å². The first-order chi connectivity index (χ1) is 10.5. The predicted octanol–water partition coefficient (Wildman–Crippen LogP) is 4.89. The molecule has 0 bridgehead atoms. The summed E-state index contributed by atoms with van der Waals surface area (Å²) in [5.41, 5.74) is -1.29. The Morgan fingerprint density at radius 3 is 2.35 bits per heavy atom. The van der Waals surface area contributed by atoms with Crippen molar-refractivity contribution in [1.82, 2.24) is 4.31 Å². The summed E-state index contributed by atoms with van der Waals surface area (Å²) in [7, 11) is -3.13. The second kappa shape index (κ2) is 6.60. The Morgan fingerprint density at radius 1 is 1.17 bits per heavy atom. The lowest BCUT2D eigenvalue weighted by Crippen LogP contribution is -2.28. The van der Waals surface area contributed by atoms with Crippen molar-refractivity contribution in [3.63, 3.8) is 0 Å². The summed E-state index contributed by atoms with van der Waals surface area (Å²) in [6.07, 6.45) is -4.83. The molecule has 0 radical (unpaired) electrons. The van der Waals surface area contributed by atoms with Gasteiger partial charge in [0, 0.05) is 23.5 Å². The molecule has 0 saturated carbocycles. The molecule has 10 heteroatoms. The van der Waals surface area contributed by atoms with Gasteiger partial charge >= 0.3 is 6.18 Å². The fraction of sp³-hybridized carbons (Fsp3) is 0.231. The van der Waals surface area contributed by atoms with Gasteiger partial charge in [0.2, 0.25) is 10.0 Å². The second-order valence-electron chi connectivity index (χ2n) is 4.61. The number of hydrogen-bond acceptors (Lipinski definition) is 3. The van der Waals surface area contributed by atoms with Gasteiger partial charge in [-0.3, -0.25) is 0 Å². The highest BCUT2D eigenvalue weighted by Gasteiger charge is 2.38. The average Bonchev–Trinajstić information content (AvgIpc) is 2.82. The molecule has 126 valence electrons. The first kappa shape index (κ1) is 18.5. The number of hydrogen-bond donors (Lipinski definition) is 0. The molecule has 1 aromatic heterocycles. The van der Waals surface area contributed by atoms with Gasteiger partial charge < -0.3 is 0 Å². The van der Waals surface area contributed by atoms with E-state index in [9.17, 15) is 21.6 Å². The molecule has 1 aromatic carbocycles. The van der Waals surface area contributed by atoms with Crippen LogP contribution in [0.2, 0.25) is 9.36 Å². The molecule has 3 nitrogen and oxygen atoms in total. The quantitative estimate of drug-likeness (QED) is 0.728. The zero-order valence-corrected chi connectivity index (χ0v) is 14.7. The third-order valence-electron chi connectivity index (χ3n) is 2.94. The van der Waals surface area contributed by atoms with E-state index in [1.54, 1.807) is 12.1 Å². The maximum Gasteiger partial charge on any atom is 0.417 e. The predicted molar refractivity (Wildman–Crippen MR) is 84.4 cm³/mol. The standard InChI is InChI=1S/C13H10Cl2F3NO2S2/c1-19(7-9-3-5-12(15)22-9)23(20,21)11-4-2-8(14)6-10(11)13(16,17)18/h2-6H,7H2,1H3. The molecule has 1 heterocycles. The third kappa shape index (κ3) is 4.19. The molecule has 0 aliphatic carbocycles. The van der Waals surface area contributed by atoms with Gasteiger partial charge in [-0.25, -0.2) is 8.42 Å².